The van der Waals surface area contributed by atoms with Gasteiger partial charge in [-0.2, -0.15) is 0 Å². The van der Waals surface area contributed by atoms with Crippen molar-refractivity contribution in [2.45, 2.75) is 25.7 Å². The fraction of sp³-hybridized carbons (Fsp3) is 0.278. The summed E-state index contributed by atoms with van der Waals surface area (Å²) in [6.07, 6.45) is 6.57. The molecule has 108 valence electrons. The van der Waals surface area contributed by atoms with Gasteiger partial charge in [-0.05, 0) is 46.7 Å². The standard InChI is InChI=1S/C18H18O3/c1-18(2)8-6-14(13-7-9-21-11-13)15-10-12(17(19)20-3)4-5-16(15)18/h4-7,9-11H,8H2,1-3H3. The van der Waals surface area contributed by atoms with Gasteiger partial charge in [0.1, 0.15) is 0 Å². The molecule has 2 aromatic rings. The van der Waals surface area contributed by atoms with Gasteiger partial charge >= 0.3 is 5.97 Å². The van der Waals surface area contributed by atoms with E-state index in [0.717, 1.165) is 23.1 Å². The Hall–Kier alpha value is -2.29. The molecule has 1 aromatic heterocycles. The number of carbonyl (C=O) groups is 1. The van der Waals surface area contributed by atoms with Gasteiger partial charge in [-0.1, -0.05) is 26.0 Å². The van der Waals surface area contributed by atoms with Crippen molar-refractivity contribution >= 4 is 11.5 Å². The largest absolute Gasteiger partial charge is 0.472 e. The number of hydrogen-bond donors (Lipinski definition) is 0. The minimum Gasteiger partial charge on any atom is -0.472 e. The normalized spacial score (nSPS) is 16.0. The molecule has 3 rings (SSSR count). The summed E-state index contributed by atoms with van der Waals surface area (Å²) in [6.45, 7) is 4.43. The van der Waals surface area contributed by atoms with E-state index in [1.54, 1.807) is 12.5 Å². The number of methoxy groups -OCH3 is 1. The highest BCUT2D eigenvalue weighted by Crippen LogP contribution is 2.41. The molecule has 0 amide bonds. The van der Waals surface area contributed by atoms with Crippen molar-refractivity contribution < 1.29 is 13.9 Å². The first-order valence-electron chi connectivity index (χ1n) is 6.99. The fourth-order valence-corrected chi connectivity index (χ4v) is 2.87. The number of hydrogen-bond acceptors (Lipinski definition) is 3. The Morgan fingerprint density at radius 2 is 2.10 bits per heavy atom. The molecule has 3 heteroatoms. The summed E-state index contributed by atoms with van der Waals surface area (Å²) >= 11 is 0. The monoisotopic (exact) mass is 282 g/mol. The summed E-state index contributed by atoms with van der Waals surface area (Å²) in [5.74, 6) is -0.312. The maximum absolute atomic E-state index is 11.8. The zero-order valence-electron chi connectivity index (χ0n) is 12.5. The Morgan fingerprint density at radius 3 is 2.76 bits per heavy atom. The van der Waals surface area contributed by atoms with Gasteiger partial charge in [-0.25, -0.2) is 4.79 Å². The first-order valence-corrected chi connectivity index (χ1v) is 6.99. The zero-order valence-corrected chi connectivity index (χ0v) is 12.5. The van der Waals surface area contributed by atoms with E-state index in [-0.39, 0.29) is 11.4 Å². The number of fused-ring (bicyclic) bond motifs is 1. The van der Waals surface area contributed by atoms with Crippen LogP contribution in [-0.2, 0) is 10.2 Å². The highest BCUT2D eigenvalue weighted by atomic mass is 16.5. The summed E-state index contributed by atoms with van der Waals surface area (Å²) in [4.78, 5) is 11.8. The molecule has 0 bridgehead atoms. The number of esters is 1. The number of rotatable bonds is 2. The predicted octanol–water partition coefficient (Wildman–Crippen LogP) is 4.18. The van der Waals surface area contributed by atoms with Gasteiger partial charge in [0.15, 0.2) is 0 Å². The fourth-order valence-electron chi connectivity index (χ4n) is 2.87. The third-order valence-electron chi connectivity index (χ3n) is 4.11. The molecule has 0 aliphatic heterocycles. The molecule has 0 atom stereocenters. The average Bonchev–Trinajstić information content (AvgIpc) is 3.00. The quantitative estimate of drug-likeness (QED) is 0.776. The van der Waals surface area contributed by atoms with Crippen LogP contribution in [0.25, 0.3) is 5.57 Å². The van der Waals surface area contributed by atoms with Gasteiger partial charge in [-0.15, -0.1) is 0 Å². The van der Waals surface area contributed by atoms with Crippen LogP contribution in [0.5, 0.6) is 0 Å². The molecule has 0 spiro atoms. The molecule has 0 radical (unpaired) electrons. The van der Waals surface area contributed by atoms with Crippen molar-refractivity contribution in [3.63, 3.8) is 0 Å². The zero-order chi connectivity index (χ0) is 15.0. The van der Waals surface area contributed by atoms with Crippen LogP contribution < -0.4 is 0 Å². The number of furan rings is 1. The Kier molecular flexibility index (Phi) is 3.20. The second kappa shape index (κ2) is 4.92. The molecule has 1 aliphatic carbocycles. The summed E-state index contributed by atoms with van der Waals surface area (Å²) < 4.78 is 10.0. The maximum Gasteiger partial charge on any atom is 0.337 e. The van der Waals surface area contributed by atoms with E-state index < -0.39 is 0 Å². The molecule has 1 aromatic carbocycles. The topological polar surface area (TPSA) is 39.4 Å². The molecule has 0 saturated heterocycles. The molecule has 0 fully saturated rings. The summed E-state index contributed by atoms with van der Waals surface area (Å²) in [5, 5.41) is 0. The van der Waals surface area contributed by atoms with Crippen LogP contribution >= 0.6 is 0 Å². The third-order valence-corrected chi connectivity index (χ3v) is 4.11. The van der Waals surface area contributed by atoms with Crippen LogP contribution in [0.1, 0.15) is 47.3 Å². The SMILES string of the molecule is COC(=O)c1ccc2c(c1)C(c1ccoc1)=CCC2(C)C. The van der Waals surface area contributed by atoms with E-state index in [1.807, 2.05) is 24.3 Å². The first kappa shape index (κ1) is 13.7. The number of benzene rings is 1. The van der Waals surface area contributed by atoms with Crippen molar-refractivity contribution in [2.24, 2.45) is 0 Å². The summed E-state index contributed by atoms with van der Waals surface area (Å²) in [7, 11) is 1.40. The van der Waals surface area contributed by atoms with Gasteiger partial charge in [0, 0.05) is 5.56 Å². The van der Waals surface area contributed by atoms with Crippen LogP contribution in [0.2, 0.25) is 0 Å². The predicted molar refractivity (Wildman–Crippen MR) is 81.2 cm³/mol. The number of carbonyl (C=O) groups excluding carboxylic acids is 1. The molecule has 1 aliphatic rings. The Bertz CT molecular complexity index is 706. The van der Waals surface area contributed by atoms with Crippen molar-refractivity contribution in [3.8, 4) is 0 Å². The van der Waals surface area contributed by atoms with Gasteiger partial charge < -0.3 is 9.15 Å². The minimum absolute atomic E-state index is 0.0528. The lowest BCUT2D eigenvalue weighted by atomic mass is 9.72. The lowest BCUT2D eigenvalue weighted by Gasteiger charge is -2.32. The Morgan fingerprint density at radius 1 is 1.29 bits per heavy atom. The molecular formula is C18H18O3. The second-order valence-electron chi connectivity index (χ2n) is 5.97. The van der Waals surface area contributed by atoms with Crippen molar-refractivity contribution in [2.75, 3.05) is 7.11 Å². The molecule has 0 saturated carbocycles. The molecular weight excluding hydrogens is 264 g/mol. The van der Waals surface area contributed by atoms with Gasteiger partial charge in [0.25, 0.3) is 0 Å². The van der Waals surface area contributed by atoms with Crippen LogP contribution in [-0.4, -0.2) is 13.1 Å². The highest BCUT2D eigenvalue weighted by molar-refractivity contribution is 5.92. The smallest absolute Gasteiger partial charge is 0.337 e. The van der Waals surface area contributed by atoms with Gasteiger partial charge in [0.05, 0.1) is 25.2 Å². The van der Waals surface area contributed by atoms with E-state index in [1.165, 1.54) is 12.7 Å². The lowest BCUT2D eigenvalue weighted by molar-refractivity contribution is 0.0600. The number of ether oxygens (including phenoxy) is 1. The Balaban J connectivity index is 2.18. The van der Waals surface area contributed by atoms with Crippen LogP contribution in [0.3, 0.4) is 0 Å². The van der Waals surface area contributed by atoms with E-state index >= 15 is 0 Å². The van der Waals surface area contributed by atoms with E-state index in [2.05, 4.69) is 19.9 Å². The first-order chi connectivity index (χ1) is 10.0. The van der Waals surface area contributed by atoms with Crippen LogP contribution in [0.15, 0.2) is 47.3 Å². The van der Waals surface area contributed by atoms with Crippen molar-refractivity contribution in [1.82, 2.24) is 0 Å². The molecule has 0 N–H and O–H groups in total. The minimum atomic E-state index is -0.312. The number of allylic oxidation sites excluding steroid dienone is 1. The van der Waals surface area contributed by atoms with Crippen LogP contribution in [0, 0.1) is 0 Å². The lowest BCUT2D eigenvalue weighted by Crippen LogP contribution is -2.22. The van der Waals surface area contributed by atoms with Gasteiger partial charge in [-0.3, -0.25) is 0 Å². The summed E-state index contributed by atoms with van der Waals surface area (Å²) in [6, 6.07) is 7.74. The average molecular weight is 282 g/mol. The third kappa shape index (κ3) is 2.29. The highest BCUT2D eigenvalue weighted by Gasteiger charge is 2.29. The van der Waals surface area contributed by atoms with Crippen molar-refractivity contribution in [3.05, 3.63) is 65.1 Å². The molecule has 1 heterocycles. The Labute approximate surface area is 124 Å². The molecule has 21 heavy (non-hydrogen) atoms. The van der Waals surface area contributed by atoms with Crippen LogP contribution in [0.4, 0.5) is 0 Å². The van der Waals surface area contributed by atoms with E-state index in [0.29, 0.717) is 5.56 Å². The molecule has 0 unspecified atom stereocenters. The molecule has 3 nitrogen and oxygen atoms in total. The van der Waals surface area contributed by atoms with Gasteiger partial charge in [0.2, 0.25) is 0 Å². The van der Waals surface area contributed by atoms with Crippen molar-refractivity contribution in [1.29, 1.82) is 0 Å². The maximum atomic E-state index is 11.8. The summed E-state index contributed by atoms with van der Waals surface area (Å²) in [5.41, 5.74) is 5.10. The second-order valence-corrected chi connectivity index (χ2v) is 5.97. The van der Waals surface area contributed by atoms with E-state index in [9.17, 15) is 4.79 Å². The van der Waals surface area contributed by atoms with E-state index in [4.69, 9.17) is 9.15 Å².